The molecule has 0 fully saturated rings. The van der Waals surface area contributed by atoms with E-state index >= 15 is 0 Å². The van der Waals surface area contributed by atoms with E-state index in [-0.39, 0.29) is 12.0 Å². The van der Waals surface area contributed by atoms with E-state index in [1.807, 2.05) is 0 Å². The van der Waals surface area contributed by atoms with Crippen LogP contribution < -0.4 is 5.32 Å². The molecular weight excluding hydrogens is 386 g/mol. The number of amides is 2. The number of aliphatic hydroxyl groups is 2. The molecule has 1 atom stereocenters. The van der Waals surface area contributed by atoms with Crippen LogP contribution in [-0.4, -0.2) is 34.0 Å². The lowest BCUT2D eigenvalue weighted by atomic mass is 9.90. The smallest absolute Gasteiger partial charge is 0.345 e. The molecule has 2 amide bonds. The molecule has 29 heavy (non-hydrogen) atoms. The summed E-state index contributed by atoms with van der Waals surface area (Å²) in [5.74, 6) is 0. The molecule has 7 heteroatoms. The summed E-state index contributed by atoms with van der Waals surface area (Å²) in [7, 11) is 0. The number of aliphatic hydroxyl groups excluding tert-OH is 1. The summed E-state index contributed by atoms with van der Waals surface area (Å²) < 4.78 is 0. The van der Waals surface area contributed by atoms with Crippen LogP contribution >= 0.6 is 11.3 Å². The average molecular weight is 414 g/mol. The molecule has 3 N–H and O–H groups in total. The maximum absolute atomic E-state index is 12.6. The summed E-state index contributed by atoms with van der Waals surface area (Å²) >= 11 is 1.37. The molecule has 2 aliphatic carbocycles. The summed E-state index contributed by atoms with van der Waals surface area (Å²) in [6, 6.07) is 1.34. The minimum Gasteiger partial charge on any atom is -0.393 e. The van der Waals surface area contributed by atoms with Crippen LogP contribution in [0.4, 0.5) is 10.5 Å². The van der Waals surface area contributed by atoms with Crippen LogP contribution in [0.2, 0.25) is 0 Å². The normalized spacial score (nSPS) is 19.2. The second kappa shape index (κ2) is 7.31. The van der Waals surface area contributed by atoms with Crippen LogP contribution in [0.3, 0.4) is 0 Å². The fourth-order valence-electron chi connectivity index (χ4n) is 4.19. The van der Waals surface area contributed by atoms with Gasteiger partial charge in [-0.3, -0.25) is 4.98 Å². The van der Waals surface area contributed by atoms with Crippen molar-refractivity contribution in [3.63, 3.8) is 0 Å². The second-order valence-corrected chi connectivity index (χ2v) is 9.78. The molecule has 0 saturated carbocycles. The fraction of sp³-hybridized carbons (Fsp3) is 0.500. The summed E-state index contributed by atoms with van der Waals surface area (Å²) in [6.07, 6.45) is 6.44. The Balaban J connectivity index is 1.56. The zero-order valence-electron chi connectivity index (χ0n) is 17.1. The second-order valence-electron chi connectivity index (χ2n) is 8.83. The van der Waals surface area contributed by atoms with E-state index in [0.717, 1.165) is 59.6 Å². The van der Waals surface area contributed by atoms with Gasteiger partial charge in [0.1, 0.15) is 5.60 Å². The Morgan fingerprint density at radius 2 is 2.17 bits per heavy atom. The summed E-state index contributed by atoms with van der Waals surface area (Å²) in [5, 5.41) is 24.2. The molecule has 0 radical (unpaired) electrons. The van der Waals surface area contributed by atoms with Crippen molar-refractivity contribution in [3.05, 3.63) is 44.4 Å². The van der Waals surface area contributed by atoms with E-state index < -0.39 is 11.6 Å². The number of hydrogen-bond acceptors (Lipinski definition) is 5. The van der Waals surface area contributed by atoms with Crippen LogP contribution in [0.1, 0.15) is 66.6 Å². The molecule has 0 saturated heterocycles. The van der Waals surface area contributed by atoms with Crippen LogP contribution in [0.25, 0.3) is 0 Å². The largest absolute Gasteiger partial charge is 0.393 e. The number of nitrogens with one attached hydrogen (secondary N) is 1. The van der Waals surface area contributed by atoms with Gasteiger partial charge in [0.2, 0.25) is 0 Å². The van der Waals surface area contributed by atoms with Gasteiger partial charge in [0, 0.05) is 22.2 Å². The average Bonchev–Trinajstić information content (AvgIpc) is 3.40. The SMILES string of the molecule is CC1(C)CCc2c1nc1c(c2NC(=O)N=Cc2cc([C@](C)(O)CO)cs2)CCC1. The highest BCUT2D eigenvalue weighted by Gasteiger charge is 2.36. The lowest BCUT2D eigenvalue weighted by Crippen LogP contribution is -2.24. The van der Waals surface area contributed by atoms with E-state index in [2.05, 4.69) is 24.2 Å². The Bertz CT molecular complexity index is 991. The third-order valence-electron chi connectivity index (χ3n) is 6.06. The quantitative estimate of drug-likeness (QED) is 0.666. The molecule has 2 aliphatic rings. The first-order chi connectivity index (χ1) is 13.7. The maximum atomic E-state index is 12.6. The van der Waals surface area contributed by atoms with Crippen molar-refractivity contribution in [1.82, 2.24) is 4.98 Å². The van der Waals surface area contributed by atoms with Gasteiger partial charge >= 0.3 is 6.03 Å². The minimum absolute atomic E-state index is 0.0344. The molecule has 2 aromatic rings. The van der Waals surface area contributed by atoms with E-state index in [4.69, 9.17) is 4.98 Å². The summed E-state index contributed by atoms with van der Waals surface area (Å²) in [6.45, 7) is 5.61. The Kier molecular flexibility index (Phi) is 5.09. The highest BCUT2D eigenvalue weighted by molar-refractivity contribution is 7.11. The minimum atomic E-state index is -1.30. The maximum Gasteiger partial charge on any atom is 0.345 e. The van der Waals surface area contributed by atoms with Crippen molar-refractivity contribution in [1.29, 1.82) is 0 Å². The number of aryl methyl sites for hydroxylation is 1. The summed E-state index contributed by atoms with van der Waals surface area (Å²) in [4.78, 5) is 22.4. The predicted octanol–water partition coefficient (Wildman–Crippen LogP) is 3.71. The number of hydrogen-bond donors (Lipinski definition) is 3. The molecule has 0 aliphatic heterocycles. The van der Waals surface area contributed by atoms with Crippen LogP contribution in [0.5, 0.6) is 0 Å². The monoisotopic (exact) mass is 413 g/mol. The van der Waals surface area contributed by atoms with Crippen molar-refractivity contribution in [2.24, 2.45) is 4.99 Å². The number of fused-ring (bicyclic) bond motifs is 2. The first-order valence-electron chi connectivity index (χ1n) is 10.0. The summed E-state index contributed by atoms with van der Waals surface area (Å²) in [5.41, 5.74) is 4.84. The number of urea groups is 1. The van der Waals surface area contributed by atoms with Gasteiger partial charge in [0.05, 0.1) is 18.0 Å². The molecule has 0 unspecified atom stereocenters. The Morgan fingerprint density at radius 3 is 2.93 bits per heavy atom. The third kappa shape index (κ3) is 3.74. The van der Waals surface area contributed by atoms with Gasteiger partial charge in [0.15, 0.2) is 0 Å². The van der Waals surface area contributed by atoms with Gasteiger partial charge in [-0.15, -0.1) is 11.3 Å². The van der Waals surface area contributed by atoms with Crippen LogP contribution in [0, 0.1) is 0 Å². The molecule has 2 aromatic heterocycles. The molecule has 154 valence electrons. The molecule has 0 spiro atoms. The van der Waals surface area contributed by atoms with E-state index in [1.54, 1.807) is 18.4 Å². The Morgan fingerprint density at radius 1 is 1.38 bits per heavy atom. The number of thiophene rings is 1. The zero-order chi connectivity index (χ0) is 20.8. The zero-order valence-corrected chi connectivity index (χ0v) is 17.9. The van der Waals surface area contributed by atoms with Crippen molar-refractivity contribution in [2.75, 3.05) is 11.9 Å². The molecule has 4 rings (SSSR count). The highest BCUT2D eigenvalue weighted by atomic mass is 32.1. The number of aliphatic imine (C=N–C) groups is 1. The van der Waals surface area contributed by atoms with Gasteiger partial charge in [-0.25, -0.2) is 9.79 Å². The molecule has 6 nitrogen and oxygen atoms in total. The number of anilines is 1. The predicted molar refractivity (Wildman–Crippen MR) is 115 cm³/mol. The molecule has 0 bridgehead atoms. The first kappa shape index (κ1) is 20.2. The van der Waals surface area contributed by atoms with Gasteiger partial charge in [-0.05, 0) is 67.2 Å². The van der Waals surface area contributed by atoms with Crippen molar-refractivity contribution in [2.45, 2.75) is 63.9 Å². The number of aromatic nitrogens is 1. The van der Waals surface area contributed by atoms with E-state index in [9.17, 15) is 15.0 Å². The third-order valence-corrected chi connectivity index (χ3v) is 6.92. The number of rotatable bonds is 4. The Hall–Kier alpha value is -2.09. The van der Waals surface area contributed by atoms with E-state index in [1.165, 1.54) is 23.1 Å². The lowest BCUT2D eigenvalue weighted by molar-refractivity contribution is -0.00193. The number of carbonyl (C=O) groups is 1. The molecule has 2 heterocycles. The number of pyridine rings is 1. The van der Waals surface area contributed by atoms with Gasteiger partial charge in [-0.1, -0.05) is 13.8 Å². The van der Waals surface area contributed by atoms with Gasteiger partial charge < -0.3 is 15.5 Å². The van der Waals surface area contributed by atoms with Gasteiger partial charge in [-0.2, -0.15) is 0 Å². The number of carbonyl (C=O) groups excluding carboxylic acids is 1. The Labute approximate surface area is 174 Å². The van der Waals surface area contributed by atoms with Crippen molar-refractivity contribution in [3.8, 4) is 0 Å². The van der Waals surface area contributed by atoms with Gasteiger partial charge in [0.25, 0.3) is 0 Å². The van der Waals surface area contributed by atoms with Crippen LogP contribution in [-0.2, 0) is 30.3 Å². The van der Waals surface area contributed by atoms with Crippen molar-refractivity contribution < 1.29 is 15.0 Å². The van der Waals surface area contributed by atoms with Crippen molar-refractivity contribution >= 4 is 29.3 Å². The number of nitrogens with zero attached hydrogens (tertiary/aromatic N) is 2. The first-order valence-corrected chi connectivity index (χ1v) is 10.9. The highest BCUT2D eigenvalue weighted by Crippen LogP contribution is 2.44. The lowest BCUT2D eigenvalue weighted by Gasteiger charge is -2.20. The van der Waals surface area contributed by atoms with E-state index in [0.29, 0.717) is 5.56 Å². The fourth-order valence-corrected chi connectivity index (χ4v) is 5.08. The van der Waals surface area contributed by atoms with Crippen LogP contribution in [0.15, 0.2) is 16.4 Å². The molecular formula is C22H27N3O3S. The topological polar surface area (TPSA) is 94.8 Å². The standard InChI is InChI=1S/C22H27N3O3S/c1-21(2)8-7-16-18(15-5-4-6-17(15)24-19(16)21)25-20(27)23-10-14-9-13(11-29-14)22(3,28)12-26/h9-11,26,28H,4-8,12H2,1-3H3,(H,24,25,27)/t22-/m1/s1. The molecule has 0 aromatic carbocycles.